The summed E-state index contributed by atoms with van der Waals surface area (Å²) in [4.78, 5) is 0. The molecule has 93 valence electrons. The molecular formula is C9H6F3IO3S+. The molecule has 0 amide bonds. The molecular weight excluding hydrogens is 372 g/mol. The van der Waals surface area contributed by atoms with Crippen LogP contribution < -0.4 is 20.2 Å². The van der Waals surface area contributed by atoms with Gasteiger partial charge in [-0.25, -0.2) is 0 Å². The quantitative estimate of drug-likeness (QED) is 0.379. The maximum Gasteiger partial charge on any atom is 0.526 e. The summed E-state index contributed by atoms with van der Waals surface area (Å²) in [7, 11) is -5.63. The highest BCUT2D eigenvalue weighted by Gasteiger charge is 2.53. The Morgan fingerprint density at radius 2 is 1.76 bits per heavy atom. The first-order valence-corrected chi connectivity index (χ1v) is 8.45. The van der Waals surface area contributed by atoms with Gasteiger partial charge in [0.1, 0.15) is 0 Å². The summed E-state index contributed by atoms with van der Waals surface area (Å²) >= 11 is -3.27. The van der Waals surface area contributed by atoms with E-state index in [0.717, 1.165) is 0 Å². The molecule has 1 aromatic rings. The van der Waals surface area contributed by atoms with Crippen molar-refractivity contribution in [2.24, 2.45) is 0 Å². The first-order valence-electron chi connectivity index (χ1n) is 4.00. The normalized spacial score (nSPS) is 12.4. The largest absolute Gasteiger partial charge is 0.526 e. The van der Waals surface area contributed by atoms with Crippen LogP contribution in [0.3, 0.4) is 0 Å². The molecule has 0 N–H and O–H groups in total. The molecule has 0 unspecified atom stereocenters. The molecule has 8 heteroatoms. The standard InChI is InChI=1S/C9H6F3IO3S/c1-2-13(8-6-4-3-5-7-8)16-17(14,15)9(10,11)12/h1,3-7H/q+1. The SMILES string of the molecule is C#C[I+](OS(=O)(=O)C(F)(F)F)c1ccccc1. The van der Waals surface area contributed by atoms with Gasteiger partial charge in [0.2, 0.25) is 0 Å². The second-order valence-electron chi connectivity index (χ2n) is 2.62. The third-order valence-corrected chi connectivity index (χ3v) is 7.23. The lowest BCUT2D eigenvalue weighted by molar-refractivity contribution is -0.988. The van der Waals surface area contributed by atoms with E-state index in [9.17, 15) is 21.6 Å². The van der Waals surface area contributed by atoms with Crippen LogP contribution >= 0.6 is 0 Å². The highest BCUT2D eigenvalue weighted by Crippen LogP contribution is 2.22. The lowest BCUT2D eigenvalue weighted by atomic mass is 10.4. The molecule has 0 aliphatic carbocycles. The monoisotopic (exact) mass is 378 g/mol. The zero-order valence-corrected chi connectivity index (χ0v) is 11.1. The van der Waals surface area contributed by atoms with Crippen LogP contribution in [0.4, 0.5) is 13.2 Å². The molecule has 0 atom stereocenters. The molecule has 0 heterocycles. The van der Waals surface area contributed by atoms with Crippen molar-refractivity contribution in [1.82, 2.24) is 0 Å². The maximum absolute atomic E-state index is 12.1. The van der Waals surface area contributed by atoms with Gasteiger partial charge in [0.15, 0.2) is 7.50 Å². The van der Waals surface area contributed by atoms with E-state index in [4.69, 9.17) is 6.42 Å². The van der Waals surface area contributed by atoms with E-state index in [1.807, 2.05) is 3.93 Å². The van der Waals surface area contributed by atoms with Gasteiger partial charge in [-0.15, -0.1) is 0 Å². The van der Waals surface area contributed by atoms with E-state index in [1.54, 1.807) is 18.2 Å². The van der Waals surface area contributed by atoms with Gasteiger partial charge >= 0.3 is 35.9 Å². The molecule has 0 aliphatic heterocycles. The van der Waals surface area contributed by atoms with Gasteiger partial charge in [-0.3, -0.25) is 0 Å². The smallest absolute Gasteiger partial charge is 0.186 e. The Morgan fingerprint density at radius 1 is 1.24 bits per heavy atom. The summed E-state index contributed by atoms with van der Waals surface area (Å²) in [6.07, 6.45) is 5.02. The third-order valence-electron chi connectivity index (χ3n) is 1.46. The highest BCUT2D eigenvalue weighted by atomic mass is 127. The fourth-order valence-corrected chi connectivity index (χ4v) is 5.51. The summed E-state index contributed by atoms with van der Waals surface area (Å²) < 4.78 is 64.3. The fraction of sp³-hybridized carbons (Fsp3) is 0.111. The second kappa shape index (κ2) is 5.24. The first kappa shape index (κ1) is 14.3. The van der Waals surface area contributed by atoms with Crippen molar-refractivity contribution >= 4 is 10.1 Å². The van der Waals surface area contributed by atoms with Crippen molar-refractivity contribution in [3.8, 4) is 10.4 Å². The summed E-state index contributed by atoms with van der Waals surface area (Å²) in [6, 6.07) is 7.60. The molecule has 1 radical (unpaired) electrons. The van der Waals surface area contributed by atoms with E-state index >= 15 is 0 Å². The van der Waals surface area contributed by atoms with Crippen LogP contribution in [-0.4, -0.2) is 13.9 Å². The number of rotatable bonds is 3. The van der Waals surface area contributed by atoms with Gasteiger partial charge in [0.25, 0.3) is 0 Å². The number of halogens is 4. The molecule has 0 saturated heterocycles. The molecule has 0 aromatic heterocycles. The van der Waals surface area contributed by atoms with Crippen molar-refractivity contribution in [1.29, 1.82) is 0 Å². The number of terminal acetylenes is 1. The zero-order valence-electron chi connectivity index (χ0n) is 8.11. The van der Waals surface area contributed by atoms with Crippen LogP contribution in [-0.2, 0) is 12.6 Å². The van der Waals surface area contributed by atoms with Gasteiger partial charge in [-0.2, -0.15) is 21.6 Å². The Bertz CT molecular complexity index is 519. The van der Waals surface area contributed by atoms with Crippen molar-refractivity contribution in [3.05, 3.63) is 33.9 Å². The Labute approximate surface area is 104 Å². The van der Waals surface area contributed by atoms with E-state index in [2.05, 4.69) is 2.51 Å². The number of hydrogen-bond acceptors (Lipinski definition) is 3. The Kier molecular flexibility index (Phi) is 4.40. The Morgan fingerprint density at radius 3 is 2.18 bits per heavy atom. The minimum Gasteiger partial charge on any atom is -0.186 e. The van der Waals surface area contributed by atoms with Gasteiger partial charge in [-0.1, -0.05) is 24.6 Å². The molecule has 0 aliphatic rings. The lowest BCUT2D eigenvalue weighted by Crippen LogP contribution is -3.84. The van der Waals surface area contributed by atoms with Crippen molar-refractivity contribution in [3.63, 3.8) is 0 Å². The molecule has 0 saturated carbocycles. The van der Waals surface area contributed by atoms with Crippen LogP contribution in [0.1, 0.15) is 0 Å². The average Bonchev–Trinajstić information content (AvgIpc) is 2.25. The molecule has 3 nitrogen and oxygen atoms in total. The van der Waals surface area contributed by atoms with Crippen molar-refractivity contribution in [2.75, 3.05) is 0 Å². The summed E-state index contributed by atoms with van der Waals surface area (Å²) in [6.45, 7) is 0. The second-order valence-corrected chi connectivity index (χ2v) is 8.48. The summed E-state index contributed by atoms with van der Waals surface area (Å²) in [5.41, 5.74) is -5.45. The summed E-state index contributed by atoms with van der Waals surface area (Å²) in [5, 5.41) is 0. The molecule has 17 heavy (non-hydrogen) atoms. The van der Waals surface area contributed by atoms with Crippen LogP contribution in [0.5, 0.6) is 0 Å². The topological polar surface area (TPSA) is 43.4 Å². The molecule has 0 bridgehead atoms. The van der Waals surface area contributed by atoms with Crippen molar-refractivity contribution in [2.45, 2.75) is 5.51 Å². The average molecular weight is 378 g/mol. The molecule has 1 aromatic carbocycles. The van der Waals surface area contributed by atoms with E-state index in [1.165, 1.54) is 12.1 Å². The highest BCUT2D eigenvalue weighted by molar-refractivity contribution is 7.87. The molecule has 1 rings (SSSR count). The van der Waals surface area contributed by atoms with Crippen molar-refractivity contribution < 1.29 is 44.3 Å². The minimum atomic E-state index is -5.63. The predicted octanol–water partition coefficient (Wildman–Crippen LogP) is -1.15. The Hall–Kier alpha value is -0.790. The number of hydrogen-bond donors (Lipinski definition) is 0. The van der Waals surface area contributed by atoms with Crippen LogP contribution in [0.15, 0.2) is 30.3 Å². The first-order chi connectivity index (χ1) is 7.78. The van der Waals surface area contributed by atoms with Gasteiger partial charge in [-0.05, 0) is 14.6 Å². The zero-order chi connectivity index (χ0) is 13.1. The maximum atomic E-state index is 12.1. The third kappa shape index (κ3) is 3.58. The number of benzene rings is 1. The lowest BCUT2D eigenvalue weighted by Gasteiger charge is -2.03. The van der Waals surface area contributed by atoms with Gasteiger partial charge in [0.05, 0.1) is 0 Å². The van der Waals surface area contributed by atoms with Gasteiger partial charge < -0.3 is 0 Å². The Balaban J connectivity index is 2.99. The minimum absolute atomic E-state index is 0.312. The van der Waals surface area contributed by atoms with E-state index in [0.29, 0.717) is 3.57 Å². The van der Waals surface area contributed by atoms with Crippen LogP contribution in [0.25, 0.3) is 0 Å². The number of alkyl halides is 3. The van der Waals surface area contributed by atoms with Gasteiger partial charge in [0, 0.05) is 0 Å². The van der Waals surface area contributed by atoms with E-state index < -0.39 is 35.9 Å². The molecule has 0 spiro atoms. The predicted molar refractivity (Wildman–Crippen MR) is 50.0 cm³/mol. The summed E-state index contributed by atoms with van der Waals surface area (Å²) in [5.74, 6) is 0. The van der Waals surface area contributed by atoms with Crippen LogP contribution in [0.2, 0.25) is 0 Å². The fourth-order valence-electron chi connectivity index (χ4n) is 0.765. The van der Waals surface area contributed by atoms with E-state index in [-0.39, 0.29) is 0 Å². The van der Waals surface area contributed by atoms with Crippen LogP contribution in [0, 0.1) is 13.9 Å². The molecule has 0 fully saturated rings.